The maximum absolute atomic E-state index is 13.2. The molecule has 2 aliphatic carbocycles. The van der Waals surface area contributed by atoms with Crippen LogP contribution in [0.2, 0.25) is 0 Å². The van der Waals surface area contributed by atoms with Crippen LogP contribution in [0.15, 0.2) is 48.5 Å². The van der Waals surface area contributed by atoms with E-state index in [4.69, 9.17) is 9.47 Å². The lowest BCUT2D eigenvalue weighted by Crippen LogP contribution is -2.53. The summed E-state index contributed by atoms with van der Waals surface area (Å²) in [6.07, 6.45) is 0.343. The van der Waals surface area contributed by atoms with Gasteiger partial charge in [-0.05, 0) is 41.0 Å². The van der Waals surface area contributed by atoms with Crippen LogP contribution in [0.25, 0.3) is 11.1 Å². The number of fused-ring (bicyclic) bond motifs is 3. The fraction of sp³-hybridized carbons (Fsp3) is 0.423. The van der Waals surface area contributed by atoms with Gasteiger partial charge in [0, 0.05) is 18.8 Å². The summed E-state index contributed by atoms with van der Waals surface area (Å²) in [4.78, 5) is 38.9. The van der Waals surface area contributed by atoms with Crippen LogP contribution in [0.4, 0.5) is 4.79 Å². The molecule has 2 aromatic carbocycles. The van der Waals surface area contributed by atoms with Gasteiger partial charge in [0.05, 0.1) is 11.9 Å². The van der Waals surface area contributed by atoms with E-state index < -0.39 is 30.1 Å². The number of nitrogens with one attached hydrogen (secondary N) is 1. The molecule has 3 atom stereocenters. The number of nitrogens with zero attached hydrogens (tertiary/aromatic N) is 1. The molecule has 1 heterocycles. The molecule has 1 aliphatic heterocycles. The molecule has 3 aliphatic rings. The maximum Gasteiger partial charge on any atom is 0.407 e. The second kappa shape index (κ2) is 9.91. The third-order valence-corrected chi connectivity index (χ3v) is 8.40. The van der Waals surface area contributed by atoms with Gasteiger partial charge in [-0.3, -0.25) is 4.79 Å². The first kappa shape index (κ1) is 23.7. The molecule has 2 amide bonds. The van der Waals surface area contributed by atoms with E-state index in [1.807, 2.05) is 36.4 Å². The van der Waals surface area contributed by atoms with Crippen LogP contribution in [-0.2, 0) is 19.1 Å². The Morgan fingerprint density at radius 2 is 1.71 bits per heavy atom. The van der Waals surface area contributed by atoms with Crippen molar-refractivity contribution in [1.82, 2.24) is 10.2 Å². The van der Waals surface area contributed by atoms with Crippen molar-refractivity contribution in [2.75, 3.05) is 26.0 Å². The molecule has 8 nitrogen and oxygen atoms in total. The van der Waals surface area contributed by atoms with Crippen LogP contribution in [0, 0.1) is 5.92 Å². The van der Waals surface area contributed by atoms with E-state index in [-0.39, 0.29) is 24.4 Å². The molecule has 2 N–H and O–H groups in total. The van der Waals surface area contributed by atoms with Crippen LogP contribution in [0.3, 0.4) is 0 Å². The van der Waals surface area contributed by atoms with E-state index in [1.54, 1.807) is 0 Å². The van der Waals surface area contributed by atoms with Gasteiger partial charge < -0.3 is 24.8 Å². The Morgan fingerprint density at radius 1 is 1.09 bits per heavy atom. The molecule has 0 spiro atoms. The summed E-state index contributed by atoms with van der Waals surface area (Å²) in [6.45, 7) is 0.0654. The summed E-state index contributed by atoms with van der Waals surface area (Å²) >= 11 is 1.51. The Hall–Kier alpha value is -3.04. The minimum atomic E-state index is -1.02. The quantitative estimate of drug-likeness (QED) is 0.578. The molecule has 0 bridgehead atoms. The van der Waals surface area contributed by atoms with Crippen LogP contribution < -0.4 is 5.32 Å². The molecule has 1 saturated carbocycles. The van der Waals surface area contributed by atoms with E-state index in [1.165, 1.54) is 23.8 Å². The molecule has 0 radical (unpaired) electrons. The number of amides is 2. The first-order valence-electron chi connectivity index (χ1n) is 11.8. The van der Waals surface area contributed by atoms with Crippen molar-refractivity contribution >= 4 is 29.7 Å². The zero-order chi connectivity index (χ0) is 24.5. The summed E-state index contributed by atoms with van der Waals surface area (Å²) < 4.78 is 10.9. The predicted molar refractivity (Wildman–Crippen MR) is 131 cm³/mol. The Labute approximate surface area is 208 Å². The lowest BCUT2D eigenvalue weighted by atomic mass is 9.98. The fourth-order valence-electron chi connectivity index (χ4n) is 5.00. The summed E-state index contributed by atoms with van der Waals surface area (Å²) in [6, 6.07) is 15.3. The van der Waals surface area contributed by atoms with Crippen molar-refractivity contribution in [2.24, 2.45) is 5.92 Å². The van der Waals surface area contributed by atoms with Crippen LogP contribution >= 0.6 is 11.8 Å². The molecule has 184 valence electrons. The number of hydrogen-bond donors (Lipinski definition) is 2. The summed E-state index contributed by atoms with van der Waals surface area (Å²) in [5.41, 5.74) is 4.51. The molecule has 35 heavy (non-hydrogen) atoms. The first-order chi connectivity index (χ1) is 17.0. The highest BCUT2D eigenvalue weighted by Crippen LogP contribution is 2.46. The van der Waals surface area contributed by atoms with Crippen molar-refractivity contribution in [3.05, 3.63) is 59.7 Å². The van der Waals surface area contributed by atoms with Crippen molar-refractivity contribution in [2.45, 2.75) is 36.3 Å². The second-order valence-electron chi connectivity index (χ2n) is 9.09. The average molecular weight is 497 g/mol. The van der Waals surface area contributed by atoms with E-state index in [2.05, 4.69) is 17.4 Å². The molecule has 2 fully saturated rings. The first-order valence-corrected chi connectivity index (χ1v) is 12.8. The Morgan fingerprint density at radius 3 is 2.29 bits per heavy atom. The lowest BCUT2D eigenvalue weighted by molar-refractivity contribution is -0.154. The number of ether oxygens (including phenoxy) is 2. The summed E-state index contributed by atoms with van der Waals surface area (Å²) in [7, 11) is 1.38. The van der Waals surface area contributed by atoms with Gasteiger partial charge in [-0.2, -0.15) is 0 Å². The van der Waals surface area contributed by atoms with Crippen molar-refractivity contribution in [1.29, 1.82) is 0 Å². The zero-order valence-corrected chi connectivity index (χ0v) is 20.2. The molecule has 9 heteroatoms. The lowest BCUT2D eigenvalue weighted by Gasteiger charge is -2.30. The Kier molecular flexibility index (Phi) is 6.71. The van der Waals surface area contributed by atoms with Gasteiger partial charge in [0.1, 0.15) is 12.6 Å². The van der Waals surface area contributed by atoms with Crippen LogP contribution in [0.1, 0.15) is 29.9 Å². The molecular weight excluding hydrogens is 468 g/mol. The van der Waals surface area contributed by atoms with Gasteiger partial charge >= 0.3 is 12.1 Å². The number of carbonyl (C=O) groups is 3. The highest BCUT2D eigenvalue weighted by atomic mass is 32.2. The number of hydrogen-bond acceptors (Lipinski definition) is 6. The topological polar surface area (TPSA) is 105 Å². The molecule has 5 rings (SSSR count). The number of rotatable bonds is 8. The number of carboxylic acids is 1. The number of methoxy groups -OCH3 is 1. The molecule has 1 saturated heterocycles. The Balaban J connectivity index is 1.20. The number of benzene rings is 2. The molecule has 0 aromatic heterocycles. The minimum Gasteiger partial charge on any atom is -0.480 e. The minimum absolute atomic E-state index is 0.0646. The summed E-state index contributed by atoms with van der Waals surface area (Å²) in [5, 5.41) is 12.1. The summed E-state index contributed by atoms with van der Waals surface area (Å²) in [5.74, 6) is -0.821. The van der Waals surface area contributed by atoms with E-state index in [9.17, 15) is 19.5 Å². The van der Waals surface area contributed by atoms with Gasteiger partial charge in [0.15, 0.2) is 6.10 Å². The van der Waals surface area contributed by atoms with Gasteiger partial charge in [0.2, 0.25) is 0 Å². The SMILES string of the molecule is COC(CNC(=O)OCC1c2ccccc2-c2ccccc21)C(=O)N1C(C(=O)O)CSC1C1CC1. The van der Waals surface area contributed by atoms with E-state index >= 15 is 0 Å². The maximum atomic E-state index is 13.2. The van der Waals surface area contributed by atoms with Crippen LogP contribution in [-0.4, -0.2) is 71.5 Å². The number of carbonyl (C=O) groups excluding carboxylic acids is 2. The zero-order valence-electron chi connectivity index (χ0n) is 19.4. The third-order valence-electron chi connectivity index (χ3n) is 6.94. The normalized spacial score (nSPS) is 21.8. The smallest absolute Gasteiger partial charge is 0.407 e. The number of carboxylic acid groups (broad SMARTS) is 1. The third kappa shape index (κ3) is 4.62. The number of thioether (sulfide) groups is 1. The predicted octanol–water partition coefficient (Wildman–Crippen LogP) is 3.30. The highest BCUT2D eigenvalue weighted by Gasteiger charge is 2.49. The fourth-order valence-corrected chi connectivity index (χ4v) is 6.64. The van der Waals surface area contributed by atoms with Crippen molar-refractivity contribution in [3.8, 4) is 11.1 Å². The van der Waals surface area contributed by atoms with Gasteiger partial charge in [0.25, 0.3) is 5.91 Å². The van der Waals surface area contributed by atoms with E-state index in [0.29, 0.717) is 11.7 Å². The van der Waals surface area contributed by atoms with Gasteiger partial charge in [-0.15, -0.1) is 11.8 Å². The molecule has 3 unspecified atom stereocenters. The Bertz CT molecular complexity index is 1090. The highest BCUT2D eigenvalue weighted by molar-refractivity contribution is 8.00. The second-order valence-corrected chi connectivity index (χ2v) is 10.2. The van der Waals surface area contributed by atoms with Gasteiger partial charge in [-0.25, -0.2) is 9.59 Å². The number of aliphatic carboxylic acids is 1. The molecule has 2 aromatic rings. The van der Waals surface area contributed by atoms with Crippen LogP contribution in [0.5, 0.6) is 0 Å². The standard InChI is InChI=1S/C26H28N2O6S/c1-33-22(23(29)28-21(25(30)31)14-35-24(28)15-10-11-15)12-27-26(32)34-13-20-18-8-4-2-6-16(18)17-7-3-5-9-19(17)20/h2-9,15,20-22,24H,10-14H2,1H3,(H,27,32)(H,30,31). The van der Waals surface area contributed by atoms with Crippen molar-refractivity contribution in [3.63, 3.8) is 0 Å². The van der Waals surface area contributed by atoms with Crippen molar-refractivity contribution < 1.29 is 29.0 Å². The van der Waals surface area contributed by atoms with Gasteiger partial charge in [-0.1, -0.05) is 48.5 Å². The largest absolute Gasteiger partial charge is 0.480 e. The van der Waals surface area contributed by atoms with E-state index in [0.717, 1.165) is 35.1 Å². The number of alkyl carbamates (subject to hydrolysis) is 1. The average Bonchev–Trinajstić information content (AvgIpc) is 3.53. The monoisotopic (exact) mass is 496 g/mol. The molecular formula is C26H28N2O6S.